The number of hydrogen-bond acceptors (Lipinski definition) is 8. The Balaban J connectivity index is 1.75. The first kappa shape index (κ1) is 20.9. The molecule has 0 unspecified atom stereocenters. The number of fused-ring (bicyclic) bond motifs is 3. The molecule has 0 N–H and O–H groups in total. The van der Waals surface area contributed by atoms with Crippen molar-refractivity contribution in [3.05, 3.63) is 86.3 Å². The number of nitro benzene ring substituents is 1. The Kier molecular flexibility index (Phi) is 5.46. The summed E-state index contributed by atoms with van der Waals surface area (Å²) in [4.78, 5) is 35.6. The van der Waals surface area contributed by atoms with Crippen LogP contribution in [-0.4, -0.2) is 25.1 Å². The minimum absolute atomic E-state index is 0.105. The van der Waals surface area contributed by atoms with Gasteiger partial charge in [-0.2, -0.15) is 0 Å². The summed E-state index contributed by atoms with van der Waals surface area (Å²) in [6.45, 7) is -0.291. The Morgan fingerprint density at radius 3 is 2.47 bits per heavy atom. The van der Waals surface area contributed by atoms with E-state index in [2.05, 4.69) is 0 Å². The average Bonchev–Trinajstić information content (AvgIpc) is 2.80. The highest BCUT2D eigenvalue weighted by Crippen LogP contribution is 2.35. The van der Waals surface area contributed by atoms with Gasteiger partial charge >= 0.3 is 11.6 Å². The highest BCUT2D eigenvalue weighted by atomic mass is 16.6. The van der Waals surface area contributed by atoms with Crippen molar-refractivity contribution in [1.82, 2.24) is 0 Å². The van der Waals surface area contributed by atoms with Gasteiger partial charge in [0.2, 0.25) is 0 Å². The highest BCUT2D eigenvalue weighted by Gasteiger charge is 2.26. The van der Waals surface area contributed by atoms with Crippen molar-refractivity contribution < 1.29 is 28.3 Å². The number of nitrogens with zero attached hydrogens (tertiary/aromatic N) is 1. The molecule has 0 fully saturated rings. The fourth-order valence-electron chi connectivity index (χ4n) is 3.54. The molecule has 1 heterocycles. The average molecular weight is 435 g/mol. The molecule has 4 rings (SSSR count). The quantitative estimate of drug-likeness (QED) is 0.145. The summed E-state index contributed by atoms with van der Waals surface area (Å²) in [6.07, 6.45) is 0. The molecule has 9 heteroatoms. The molecule has 0 aliphatic carbocycles. The first-order valence-electron chi connectivity index (χ1n) is 9.45. The molecule has 0 bridgehead atoms. The maximum Gasteiger partial charge on any atom is 0.345 e. The van der Waals surface area contributed by atoms with Gasteiger partial charge in [-0.15, -0.1) is 0 Å². The second-order valence-corrected chi connectivity index (χ2v) is 6.81. The third-order valence-electron chi connectivity index (χ3n) is 4.99. The van der Waals surface area contributed by atoms with Crippen molar-refractivity contribution in [2.75, 3.05) is 14.2 Å². The first-order valence-corrected chi connectivity index (χ1v) is 9.45. The summed E-state index contributed by atoms with van der Waals surface area (Å²) in [5.74, 6) is -0.699. The summed E-state index contributed by atoms with van der Waals surface area (Å²) < 4.78 is 20.9. The van der Waals surface area contributed by atoms with Crippen LogP contribution in [0.5, 0.6) is 11.5 Å². The summed E-state index contributed by atoms with van der Waals surface area (Å²) >= 11 is 0. The SMILES string of the molecule is COc1cc(C(=O)OCc2cc(=O)oc3ccc4ccccc4c23)c([N+](=O)[O-])cc1OC. The molecule has 0 saturated carbocycles. The number of carbonyl (C=O) groups excluding carboxylic acids is 1. The van der Waals surface area contributed by atoms with Gasteiger partial charge in [0, 0.05) is 23.1 Å². The molecular formula is C23H17NO8. The van der Waals surface area contributed by atoms with Gasteiger partial charge in [-0.05, 0) is 16.8 Å². The number of ether oxygens (including phenoxy) is 3. The molecule has 0 saturated heterocycles. The zero-order valence-electron chi connectivity index (χ0n) is 17.1. The van der Waals surface area contributed by atoms with Crippen molar-refractivity contribution in [3.63, 3.8) is 0 Å². The maximum atomic E-state index is 12.8. The summed E-state index contributed by atoms with van der Waals surface area (Å²) in [7, 11) is 2.68. The predicted molar refractivity (Wildman–Crippen MR) is 115 cm³/mol. The Morgan fingerprint density at radius 2 is 1.75 bits per heavy atom. The third kappa shape index (κ3) is 3.71. The molecule has 9 nitrogen and oxygen atoms in total. The van der Waals surface area contributed by atoms with E-state index in [9.17, 15) is 19.7 Å². The van der Waals surface area contributed by atoms with Crippen LogP contribution < -0.4 is 15.1 Å². The molecule has 4 aromatic rings. The van der Waals surface area contributed by atoms with E-state index in [4.69, 9.17) is 18.6 Å². The maximum absolute atomic E-state index is 12.8. The molecule has 0 atom stereocenters. The first-order chi connectivity index (χ1) is 15.4. The fourth-order valence-corrected chi connectivity index (χ4v) is 3.54. The zero-order chi connectivity index (χ0) is 22.8. The van der Waals surface area contributed by atoms with E-state index >= 15 is 0 Å². The van der Waals surface area contributed by atoms with Crippen molar-refractivity contribution in [2.45, 2.75) is 6.61 Å². The number of carbonyl (C=O) groups is 1. The van der Waals surface area contributed by atoms with Gasteiger partial charge in [-0.3, -0.25) is 10.1 Å². The van der Waals surface area contributed by atoms with E-state index in [1.807, 2.05) is 30.3 Å². The zero-order valence-corrected chi connectivity index (χ0v) is 17.1. The lowest BCUT2D eigenvalue weighted by Gasteiger charge is -2.12. The lowest BCUT2D eigenvalue weighted by molar-refractivity contribution is -0.385. The second kappa shape index (κ2) is 8.38. The van der Waals surface area contributed by atoms with Crippen LogP contribution in [0.3, 0.4) is 0 Å². The molecule has 0 radical (unpaired) electrons. The van der Waals surface area contributed by atoms with Crippen LogP contribution in [0.4, 0.5) is 5.69 Å². The number of hydrogen-bond donors (Lipinski definition) is 0. The van der Waals surface area contributed by atoms with E-state index in [0.29, 0.717) is 16.5 Å². The number of rotatable bonds is 6. The number of benzene rings is 3. The molecule has 0 amide bonds. The number of methoxy groups -OCH3 is 2. The smallest absolute Gasteiger partial charge is 0.345 e. The molecule has 162 valence electrons. The van der Waals surface area contributed by atoms with Crippen LogP contribution in [0, 0.1) is 10.1 Å². The molecule has 0 aliphatic rings. The fraction of sp³-hybridized carbons (Fsp3) is 0.130. The monoisotopic (exact) mass is 435 g/mol. The minimum atomic E-state index is -0.945. The van der Waals surface area contributed by atoms with Gasteiger partial charge in [-0.1, -0.05) is 30.3 Å². The summed E-state index contributed by atoms with van der Waals surface area (Å²) in [5.41, 5.74) is -0.625. The van der Waals surface area contributed by atoms with Crippen LogP contribution in [0.2, 0.25) is 0 Å². The Bertz CT molecular complexity index is 1420. The van der Waals surface area contributed by atoms with Gasteiger partial charge in [0.15, 0.2) is 11.5 Å². The number of esters is 1. The van der Waals surface area contributed by atoms with Crippen LogP contribution in [-0.2, 0) is 11.3 Å². The van der Waals surface area contributed by atoms with Gasteiger partial charge < -0.3 is 18.6 Å². The third-order valence-corrected chi connectivity index (χ3v) is 4.99. The molecular weight excluding hydrogens is 418 g/mol. The normalized spacial score (nSPS) is 10.8. The lowest BCUT2D eigenvalue weighted by Crippen LogP contribution is -2.11. The second-order valence-electron chi connectivity index (χ2n) is 6.81. The van der Waals surface area contributed by atoms with E-state index in [0.717, 1.165) is 16.8 Å². The molecule has 1 aromatic heterocycles. The largest absolute Gasteiger partial charge is 0.493 e. The van der Waals surface area contributed by atoms with Gasteiger partial charge in [-0.25, -0.2) is 9.59 Å². The Labute approximate surface area is 180 Å². The van der Waals surface area contributed by atoms with E-state index < -0.39 is 22.2 Å². The lowest BCUT2D eigenvalue weighted by atomic mass is 10.0. The van der Waals surface area contributed by atoms with Gasteiger partial charge in [0.25, 0.3) is 5.69 Å². The Hall–Kier alpha value is -4.40. The minimum Gasteiger partial charge on any atom is -0.493 e. The van der Waals surface area contributed by atoms with Crippen molar-refractivity contribution in [3.8, 4) is 11.5 Å². The van der Waals surface area contributed by atoms with E-state index in [1.165, 1.54) is 26.4 Å². The highest BCUT2D eigenvalue weighted by molar-refractivity contribution is 6.07. The summed E-state index contributed by atoms with van der Waals surface area (Å²) in [6, 6.07) is 14.5. The van der Waals surface area contributed by atoms with Crippen LogP contribution in [0.1, 0.15) is 15.9 Å². The summed E-state index contributed by atoms with van der Waals surface area (Å²) in [5, 5.41) is 13.8. The molecule has 0 spiro atoms. The van der Waals surface area contributed by atoms with E-state index in [1.54, 1.807) is 6.07 Å². The molecule has 32 heavy (non-hydrogen) atoms. The Morgan fingerprint density at radius 1 is 1.03 bits per heavy atom. The predicted octanol–water partition coefficient (Wildman–Crippen LogP) is 4.23. The van der Waals surface area contributed by atoms with Crippen LogP contribution >= 0.6 is 0 Å². The van der Waals surface area contributed by atoms with E-state index in [-0.39, 0.29) is 23.7 Å². The topological polar surface area (TPSA) is 118 Å². The van der Waals surface area contributed by atoms with Crippen LogP contribution in [0.25, 0.3) is 21.7 Å². The van der Waals surface area contributed by atoms with Crippen LogP contribution in [0.15, 0.2) is 63.8 Å². The molecule has 0 aliphatic heterocycles. The van der Waals surface area contributed by atoms with Crippen molar-refractivity contribution in [1.29, 1.82) is 0 Å². The standard InChI is InChI=1S/C23H17NO8/c1-29-19-10-16(17(24(27)28)11-20(19)30-2)23(26)31-12-14-9-21(25)32-18-8-7-13-5-3-4-6-15(13)22(14)18/h3-11H,12H2,1-2H3. The van der Waals surface area contributed by atoms with Gasteiger partial charge in [0.1, 0.15) is 17.8 Å². The number of nitro groups is 1. The van der Waals surface area contributed by atoms with Crippen molar-refractivity contribution >= 4 is 33.4 Å². The van der Waals surface area contributed by atoms with Crippen molar-refractivity contribution in [2.24, 2.45) is 0 Å². The molecule has 3 aromatic carbocycles. The van der Waals surface area contributed by atoms with Gasteiger partial charge in [0.05, 0.1) is 25.2 Å².